The summed E-state index contributed by atoms with van der Waals surface area (Å²) in [5.74, 6) is -0.0187. The number of rotatable bonds is 11. The number of unbranched alkanes of at least 4 members (excludes halogenated alkanes) is 1. The molecule has 2 N–H and O–H groups in total. The zero-order valence-corrected chi connectivity index (χ0v) is 15.5. The molecule has 0 saturated carbocycles. The van der Waals surface area contributed by atoms with Crippen molar-refractivity contribution in [1.82, 2.24) is 5.32 Å². The van der Waals surface area contributed by atoms with E-state index in [1.807, 2.05) is 30.3 Å². The molecule has 0 bridgehead atoms. The van der Waals surface area contributed by atoms with E-state index in [4.69, 9.17) is 4.74 Å². The lowest BCUT2D eigenvalue weighted by atomic mass is 10.0. The van der Waals surface area contributed by atoms with E-state index in [9.17, 15) is 10.1 Å². The van der Waals surface area contributed by atoms with Crippen molar-refractivity contribution in [3.8, 4) is 6.07 Å². The molecule has 1 aromatic carbocycles. The van der Waals surface area contributed by atoms with E-state index in [1.165, 1.54) is 6.20 Å². The third kappa shape index (κ3) is 7.86. The van der Waals surface area contributed by atoms with Gasteiger partial charge in [-0.25, -0.2) is 0 Å². The summed E-state index contributed by atoms with van der Waals surface area (Å²) in [5.41, 5.74) is 2.11. The lowest BCUT2D eigenvalue weighted by molar-refractivity contribution is -0.117. The minimum atomic E-state index is -0.370. The van der Waals surface area contributed by atoms with Gasteiger partial charge in [0.25, 0.3) is 5.91 Å². The quantitative estimate of drug-likeness (QED) is 0.362. The van der Waals surface area contributed by atoms with Crippen LogP contribution in [-0.2, 0) is 9.53 Å². The number of carbonyl (C=O) groups excluding carboxylic acids is 1. The topological polar surface area (TPSA) is 74.1 Å². The SMILES string of the molecule is CCCCOCCCNC(=O)/C(C#N)=C\Nc1ccccc1C(C)C. The number of nitrogens with zero attached hydrogens (tertiary/aromatic N) is 1. The van der Waals surface area contributed by atoms with Gasteiger partial charge >= 0.3 is 0 Å². The lowest BCUT2D eigenvalue weighted by Crippen LogP contribution is -2.26. The number of hydrogen-bond donors (Lipinski definition) is 2. The Hall–Kier alpha value is -2.32. The molecule has 1 rings (SSSR count). The zero-order chi connectivity index (χ0) is 18.5. The molecule has 5 nitrogen and oxygen atoms in total. The molecule has 0 aromatic heterocycles. The van der Waals surface area contributed by atoms with Crippen LogP contribution in [0.3, 0.4) is 0 Å². The Labute approximate surface area is 151 Å². The largest absolute Gasteiger partial charge is 0.381 e. The molecule has 136 valence electrons. The number of nitriles is 1. The standard InChI is InChI=1S/C20H29N3O2/c1-4-5-12-25-13-8-11-22-20(24)17(14-21)15-23-19-10-7-6-9-18(19)16(2)3/h6-7,9-10,15-16,23H,4-5,8,11-13H2,1-3H3,(H,22,24)/b17-15-. The summed E-state index contributed by atoms with van der Waals surface area (Å²) in [6.07, 6.45) is 4.36. The van der Waals surface area contributed by atoms with Crippen LogP contribution in [-0.4, -0.2) is 25.7 Å². The van der Waals surface area contributed by atoms with Crippen LogP contribution in [0.15, 0.2) is 36.0 Å². The molecule has 0 atom stereocenters. The Kier molecular flexibility index (Phi) is 10.0. The first-order valence-electron chi connectivity index (χ1n) is 8.91. The normalized spacial score (nSPS) is 11.2. The highest BCUT2D eigenvalue weighted by Gasteiger charge is 2.09. The van der Waals surface area contributed by atoms with Gasteiger partial charge in [-0.15, -0.1) is 0 Å². The van der Waals surface area contributed by atoms with Crippen LogP contribution in [0.1, 0.15) is 51.5 Å². The van der Waals surface area contributed by atoms with E-state index < -0.39 is 0 Å². The summed E-state index contributed by atoms with van der Waals surface area (Å²) in [6.45, 7) is 8.19. The molecule has 0 spiro atoms. The van der Waals surface area contributed by atoms with Crippen LogP contribution in [0.2, 0.25) is 0 Å². The van der Waals surface area contributed by atoms with Crippen LogP contribution in [0.5, 0.6) is 0 Å². The fourth-order valence-corrected chi connectivity index (χ4v) is 2.25. The van der Waals surface area contributed by atoms with Gasteiger partial charge in [-0.1, -0.05) is 45.4 Å². The predicted octanol–water partition coefficient (Wildman–Crippen LogP) is 3.95. The maximum Gasteiger partial charge on any atom is 0.263 e. The molecule has 0 fully saturated rings. The summed E-state index contributed by atoms with van der Waals surface area (Å²) in [6, 6.07) is 9.82. The molecule has 0 aliphatic carbocycles. The molecule has 1 aromatic rings. The first-order chi connectivity index (χ1) is 12.1. The van der Waals surface area contributed by atoms with Crippen molar-refractivity contribution in [2.45, 2.75) is 46.0 Å². The molecule has 25 heavy (non-hydrogen) atoms. The number of amides is 1. The number of carbonyl (C=O) groups is 1. The van der Waals surface area contributed by atoms with Crippen molar-refractivity contribution in [2.24, 2.45) is 0 Å². The van der Waals surface area contributed by atoms with Gasteiger partial charge in [-0.05, 0) is 30.4 Å². The highest BCUT2D eigenvalue weighted by atomic mass is 16.5. The summed E-state index contributed by atoms with van der Waals surface area (Å²) in [7, 11) is 0. The maximum absolute atomic E-state index is 12.1. The Morgan fingerprint density at radius 2 is 2.00 bits per heavy atom. The molecular weight excluding hydrogens is 314 g/mol. The second-order valence-electron chi connectivity index (χ2n) is 6.13. The molecule has 0 radical (unpaired) electrons. The van der Waals surface area contributed by atoms with Gasteiger partial charge in [0.05, 0.1) is 0 Å². The lowest BCUT2D eigenvalue weighted by Gasteiger charge is -2.12. The molecule has 0 heterocycles. The number of hydrogen-bond acceptors (Lipinski definition) is 4. The molecule has 5 heteroatoms. The zero-order valence-electron chi connectivity index (χ0n) is 15.5. The molecule has 0 aliphatic heterocycles. The van der Waals surface area contributed by atoms with Crippen LogP contribution < -0.4 is 10.6 Å². The van der Waals surface area contributed by atoms with E-state index in [0.717, 1.165) is 37.1 Å². The van der Waals surface area contributed by atoms with Crippen LogP contribution in [0.25, 0.3) is 0 Å². The Balaban J connectivity index is 2.48. The third-order valence-electron chi connectivity index (χ3n) is 3.71. The van der Waals surface area contributed by atoms with Crippen molar-refractivity contribution < 1.29 is 9.53 Å². The van der Waals surface area contributed by atoms with Crippen molar-refractivity contribution in [2.75, 3.05) is 25.1 Å². The molecule has 0 saturated heterocycles. The van der Waals surface area contributed by atoms with Gasteiger partial charge in [0.2, 0.25) is 0 Å². The van der Waals surface area contributed by atoms with E-state index >= 15 is 0 Å². The van der Waals surface area contributed by atoms with Gasteiger partial charge in [0.15, 0.2) is 0 Å². The van der Waals surface area contributed by atoms with Crippen molar-refractivity contribution in [1.29, 1.82) is 5.26 Å². The highest BCUT2D eigenvalue weighted by molar-refractivity contribution is 5.97. The van der Waals surface area contributed by atoms with Gasteiger partial charge in [-0.2, -0.15) is 5.26 Å². The van der Waals surface area contributed by atoms with Crippen LogP contribution in [0.4, 0.5) is 5.69 Å². The second kappa shape index (κ2) is 12.1. The minimum Gasteiger partial charge on any atom is -0.381 e. The third-order valence-corrected chi connectivity index (χ3v) is 3.71. The molecule has 0 unspecified atom stereocenters. The maximum atomic E-state index is 12.1. The van der Waals surface area contributed by atoms with E-state index in [2.05, 4.69) is 31.4 Å². The summed E-state index contributed by atoms with van der Waals surface area (Å²) >= 11 is 0. The fraction of sp³-hybridized carbons (Fsp3) is 0.500. The molecular formula is C20H29N3O2. The van der Waals surface area contributed by atoms with Crippen molar-refractivity contribution in [3.63, 3.8) is 0 Å². The fourth-order valence-electron chi connectivity index (χ4n) is 2.25. The summed E-state index contributed by atoms with van der Waals surface area (Å²) in [4.78, 5) is 12.1. The number of nitrogens with one attached hydrogen (secondary N) is 2. The van der Waals surface area contributed by atoms with E-state index in [0.29, 0.717) is 19.1 Å². The van der Waals surface area contributed by atoms with Gasteiger partial charge in [0.1, 0.15) is 11.6 Å². The monoisotopic (exact) mass is 343 g/mol. The second-order valence-corrected chi connectivity index (χ2v) is 6.13. The summed E-state index contributed by atoms with van der Waals surface area (Å²) in [5, 5.41) is 15.0. The number of anilines is 1. The number of para-hydroxylation sites is 1. The number of benzene rings is 1. The van der Waals surface area contributed by atoms with Crippen molar-refractivity contribution in [3.05, 3.63) is 41.6 Å². The Bertz CT molecular complexity index is 603. The first kappa shape index (κ1) is 20.7. The molecule has 0 aliphatic rings. The minimum absolute atomic E-state index is 0.0606. The summed E-state index contributed by atoms with van der Waals surface area (Å²) < 4.78 is 5.44. The van der Waals surface area contributed by atoms with E-state index in [1.54, 1.807) is 0 Å². The average Bonchev–Trinajstić information content (AvgIpc) is 2.61. The first-order valence-corrected chi connectivity index (χ1v) is 8.91. The molecule has 1 amide bonds. The Morgan fingerprint density at radius 1 is 1.28 bits per heavy atom. The van der Waals surface area contributed by atoms with Crippen LogP contribution >= 0.6 is 0 Å². The van der Waals surface area contributed by atoms with Gasteiger partial charge < -0.3 is 15.4 Å². The smallest absolute Gasteiger partial charge is 0.263 e. The van der Waals surface area contributed by atoms with Crippen molar-refractivity contribution >= 4 is 11.6 Å². The average molecular weight is 343 g/mol. The van der Waals surface area contributed by atoms with E-state index in [-0.39, 0.29) is 11.5 Å². The predicted molar refractivity (Wildman–Crippen MR) is 101 cm³/mol. The van der Waals surface area contributed by atoms with Gasteiger partial charge in [0, 0.05) is 31.6 Å². The number of ether oxygens (including phenoxy) is 1. The van der Waals surface area contributed by atoms with Crippen LogP contribution in [0, 0.1) is 11.3 Å². The highest BCUT2D eigenvalue weighted by Crippen LogP contribution is 2.23. The van der Waals surface area contributed by atoms with Gasteiger partial charge in [-0.3, -0.25) is 4.79 Å². The Morgan fingerprint density at radius 3 is 2.68 bits per heavy atom.